The van der Waals surface area contributed by atoms with E-state index in [1.165, 1.54) is 0 Å². The Hall–Kier alpha value is -1.55. The van der Waals surface area contributed by atoms with Crippen molar-refractivity contribution in [3.63, 3.8) is 0 Å². The Morgan fingerprint density at radius 1 is 1.33 bits per heavy atom. The molecule has 0 N–H and O–H groups in total. The molecular formula is C17H24O4. The van der Waals surface area contributed by atoms with Gasteiger partial charge in [0.2, 0.25) is 0 Å². The summed E-state index contributed by atoms with van der Waals surface area (Å²) < 4.78 is 16.0. The predicted octanol–water partition coefficient (Wildman–Crippen LogP) is 2.99. The molecule has 4 heteroatoms. The van der Waals surface area contributed by atoms with Crippen LogP contribution in [0.25, 0.3) is 0 Å². The Morgan fingerprint density at radius 2 is 2.00 bits per heavy atom. The summed E-state index contributed by atoms with van der Waals surface area (Å²) in [5, 5.41) is 0. The number of epoxide rings is 1. The normalized spacial score (nSPS) is 17.4. The van der Waals surface area contributed by atoms with Crippen molar-refractivity contribution in [1.29, 1.82) is 0 Å². The van der Waals surface area contributed by atoms with E-state index in [9.17, 15) is 4.79 Å². The van der Waals surface area contributed by atoms with Crippen molar-refractivity contribution in [2.75, 3.05) is 19.8 Å². The summed E-state index contributed by atoms with van der Waals surface area (Å²) in [6.07, 6.45) is 1.77. The lowest BCUT2D eigenvalue weighted by Crippen LogP contribution is -2.26. The van der Waals surface area contributed by atoms with Gasteiger partial charge in [0.25, 0.3) is 0 Å². The third kappa shape index (κ3) is 5.05. The van der Waals surface area contributed by atoms with Gasteiger partial charge in [0.1, 0.15) is 18.5 Å². The van der Waals surface area contributed by atoms with E-state index in [4.69, 9.17) is 14.2 Å². The van der Waals surface area contributed by atoms with Gasteiger partial charge in [-0.15, -0.1) is 0 Å². The molecule has 0 radical (unpaired) electrons. The van der Waals surface area contributed by atoms with Crippen LogP contribution in [0.1, 0.15) is 32.8 Å². The standard InChI is InChI=1S/C17H24O4/c1-4-17(2,3)16(18)19-10-9-13-5-7-14(8-6-13)20-11-15-12-21-15/h5-8,15H,4,9-12H2,1-3H3. The van der Waals surface area contributed by atoms with Gasteiger partial charge >= 0.3 is 5.97 Å². The lowest BCUT2D eigenvalue weighted by molar-refractivity contribution is -0.154. The van der Waals surface area contributed by atoms with Crippen molar-refractivity contribution in [2.24, 2.45) is 5.41 Å². The van der Waals surface area contributed by atoms with Crippen LogP contribution in [-0.2, 0) is 20.7 Å². The van der Waals surface area contributed by atoms with E-state index < -0.39 is 5.41 Å². The van der Waals surface area contributed by atoms with Crippen LogP contribution in [0.3, 0.4) is 0 Å². The first-order valence-electron chi connectivity index (χ1n) is 7.52. The van der Waals surface area contributed by atoms with Gasteiger partial charge in [0, 0.05) is 6.42 Å². The van der Waals surface area contributed by atoms with Crippen molar-refractivity contribution < 1.29 is 19.0 Å². The molecule has 0 aliphatic carbocycles. The van der Waals surface area contributed by atoms with Crippen molar-refractivity contribution in [1.82, 2.24) is 0 Å². The number of hydrogen-bond acceptors (Lipinski definition) is 4. The minimum atomic E-state index is -0.400. The average molecular weight is 292 g/mol. The fourth-order valence-corrected chi connectivity index (χ4v) is 1.71. The average Bonchev–Trinajstić information content (AvgIpc) is 3.30. The molecule has 1 heterocycles. The molecule has 1 fully saturated rings. The van der Waals surface area contributed by atoms with E-state index in [2.05, 4.69) is 0 Å². The summed E-state index contributed by atoms with van der Waals surface area (Å²) in [5.41, 5.74) is 0.731. The number of hydrogen-bond donors (Lipinski definition) is 0. The Labute approximate surface area is 126 Å². The van der Waals surface area contributed by atoms with E-state index >= 15 is 0 Å². The highest BCUT2D eigenvalue weighted by atomic mass is 16.6. The van der Waals surface area contributed by atoms with E-state index in [-0.39, 0.29) is 12.1 Å². The Balaban J connectivity index is 1.71. The van der Waals surface area contributed by atoms with Gasteiger partial charge in [-0.1, -0.05) is 19.1 Å². The largest absolute Gasteiger partial charge is 0.491 e. The number of esters is 1. The summed E-state index contributed by atoms with van der Waals surface area (Å²) in [6, 6.07) is 7.88. The molecule has 1 saturated heterocycles. The molecule has 0 bridgehead atoms. The summed E-state index contributed by atoms with van der Waals surface area (Å²) in [4.78, 5) is 11.8. The minimum Gasteiger partial charge on any atom is -0.491 e. The topological polar surface area (TPSA) is 48.1 Å². The molecule has 1 aliphatic heterocycles. The molecule has 1 aromatic carbocycles. The molecule has 1 atom stereocenters. The van der Waals surface area contributed by atoms with Gasteiger partial charge < -0.3 is 14.2 Å². The van der Waals surface area contributed by atoms with Crippen molar-refractivity contribution in [3.8, 4) is 5.75 Å². The molecule has 0 aromatic heterocycles. The predicted molar refractivity (Wildman–Crippen MR) is 80.4 cm³/mol. The van der Waals surface area contributed by atoms with Crippen molar-refractivity contribution in [2.45, 2.75) is 39.7 Å². The molecule has 1 unspecified atom stereocenters. The van der Waals surface area contributed by atoms with E-state index in [1.807, 2.05) is 45.0 Å². The van der Waals surface area contributed by atoms with Crippen LogP contribution in [0.15, 0.2) is 24.3 Å². The molecule has 1 aromatic rings. The maximum Gasteiger partial charge on any atom is 0.311 e. The van der Waals surface area contributed by atoms with Gasteiger partial charge in [-0.2, -0.15) is 0 Å². The second-order valence-electron chi connectivity index (χ2n) is 6.03. The van der Waals surface area contributed by atoms with Crippen LogP contribution < -0.4 is 4.74 Å². The minimum absolute atomic E-state index is 0.130. The first kappa shape index (κ1) is 15.8. The lowest BCUT2D eigenvalue weighted by Gasteiger charge is -2.20. The quantitative estimate of drug-likeness (QED) is 0.546. The number of carbonyl (C=O) groups excluding carboxylic acids is 1. The van der Waals surface area contributed by atoms with Gasteiger partial charge in [-0.05, 0) is 38.0 Å². The summed E-state index contributed by atoms with van der Waals surface area (Å²) in [7, 11) is 0. The Kier molecular flexibility index (Phi) is 5.23. The van der Waals surface area contributed by atoms with Crippen LogP contribution in [0.5, 0.6) is 5.75 Å². The van der Waals surface area contributed by atoms with Crippen molar-refractivity contribution >= 4 is 5.97 Å². The fraction of sp³-hybridized carbons (Fsp3) is 0.588. The molecule has 0 saturated carbocycles. The van der Waals surface area contributed by atoms with Gasteiger partial charge in [0.05, 0.1) is 18.6 Å². The first-order chi connectivity index (χ1) is 10.0. The van der Waals surface area contributed by atoms with Crippen LogP contribution in [0.2, 0.25) is 0 Å². The van der Waals surface area contributed by atoms with Crippen LogP contribution in [-0.4, -0.2) is 31.9 Å². The maximum absolute atomic E-state index is 11.8. The fourth-order valence-electron chi connectivity index (χ4n) is 1.71. The van der Waals surface area contributed by atoms with E-state index in [0.29, 0.717) is 13.2 Å². The van der Waals surface area contributed by atoms with E-state index in [0.717, 1.165) is 30.8 Å². The Morgan fingerprint density at radius 3 is 2.57 bits per heavy atom. The molecule has 21 heavy (non-hydrogen) atoms. The van der Waals surface area contributed by atoms with Gasteiger partial charge in [-0.3, -0.25) is 4.79 Å². The number of rotatable bonds is 8. The monoisotopic (exact) mass is 292 g/mol. The number of carbonyl (C=O) groups is 1. The zero-order valence-corrected chi connectivity index (χ0v) is 13.1. The summed E-state index contributed by atoms with van der Waals surface area (Å²) in [6.45, 7) is 7.64. The third-order valence-corrected chi connectivity index (χ3v) is 3.82. The highest BCUT2D eigenvalue weighted by Gasteiger charge is 2.26. The highest BCUT2D eigenvalue weighted by molar-refractivity contribution is 5.75. The smallest absolute Gasteiger partial charge is 0.311 e. The number of ether oxygens (including phenoxy) is 3. The van der Waals surface area contributed by atoms with Crippen LogP contribution in [0.4, 0.5) is 0 Å². The zero-order valence-electron chi connectivity index (χ0n) is 13.1. The number of benzene rings is 1. The molecule has 4 nitrogen and oxygen atoms in total. The van der Waals surface area contributed by atoms with E-state index in [1.54, 1.807) is 0 Å². The molecule has 2 rings (SSSR count). The van der Waals surface area contributed by atoms with Gasteiger partial charge in [0.15, 0.2) is 0 Å². The summed E-state index contributed by atoms with van der Waals surface area (Å²) >= 11 is 0. The molecule has 0 spiro atoms. The second-order valence-corrected chi connectivity index (χ2v) is 6.03. The Bertz CT molecular complexity index is 460. The highest BCUT2D eigenvalue weighted by Crippen LogP contribution is 2.21. The zero-order chi connectivity index (χ0) is 15.3. The first-order valence-corrected chi connectivity index (χ1v) is 7.52. The SMILES string of the molecule is CCC(C)(C)C(=O)OCCc1ccc(OCC2CO2)cc1. The van der Waals surface area contributed by atoms with Crippen LogP contribution >= 0.6 is 0 Å². The van der Waals surface area contributed by atoms with Gasteiger partial charge in [-0.25, -0.2) is 0 Å². The third-order valence-electron chi connectivity index (χ3n) is 3.82. The molecule has 116 valence electrons. The second kappa shape index (κ2) is 6.94. The molecule has 0 amide bonds. The molecular weight excluding hydrogens is 268 g/mol. The van der Waals surface area contributed by atoms with Crippen molar-refractivity contribution in [3.05, 3.63) is 29.8 Å². The lowest BCUT2D eigenvalue weighted by atomic mass is 9.91. The van der Waals surface area contributed by atoms with Crippen LogP contribution in [0, 0.1) is 5.41 Å². The molecule has 1 aliphatic rings. The maximum atomic E-state index is 11.8. The summed E-state index contributed by atoms with van der Waals surface area (Å²) in [5.74, 6) is 0.716.